The van der Waals surface area contributed by atoms with Crippen molar-refractivity contribution in [3.8, 4) is 6.07 Å². The molecule has 0 saturated carbocycles. The van der Waals surface area contributed by atoms with Crippen LogP contribution in [0.15, 0.2) is 0 Å². The summed E-state index contributed by atoms with van der Waals surface area (Å²) in [6, 6.07) is 2.72. The predicted octanol–water partition coefficient (Wildman–Crippen LogP) is 1.66. The Balaban J connectivity index is 2.42. The van der Waals surface area contributed by atoms with Gasteiger partial charge in [-0.15, -0.1) is 0 Å². The van der Waals surface area contributed by atoms with E-state index in [9.17, 15) is 0 Å². The average molecular weight is 193 g/mol. The zero-order valence-corrected chi connectivity index (χ0v) is 8.56. The standard InChI is InChI=1S/C9H11N3S/c1-6-9(3-10)7(2)12(11-6)8-4-13-5-8/h8H,4-5H2,1-2H3. The Labute approximate surface area is 81.7 Å². The Morgan fingerprint density at radius 1 is 1.54 bits per heavy atom. The van der Waals surface area contributed by atoms with Crippen molar-refractivity contribution in [1.82, 2.24) is 9.78 Å². The molecule has 2 heterocycles. The van der Waals surface area contributed by atoms with Crippen LogP contribution in [0.2, 0.25) is 0 Å². The molecule has 0 aromatic carbocycles. The van der Waals surface area contributed by atoms with Crippen molar-refractivity contribution in [2.45, 2.75) is 19.9 Å². The number of aryl methyl sites for hydroxylation is 1. The maximum absolute atomic E-state index is 8.88. The van der Waals surface area contributed by atoms with Crippen molar-refractivity contribution in [2.75, 3.05) is 11.5 Å². The van der Waals surface area contributed by atoms with Gasteiger partial charge in [0.15, 0.2) is 0 Å². The van der Waals surface area contributed by atoms with E-state index in [1.165, 1.54) is 0 Å². The molecule has 4 heteroatoms. The molecule has 1 aromatic heterocycles. The van der Waals surface area contributed by atoms with Gasteiger partial charge in [0.1, 0.15) is 6.07 Å². The van der Waals surface area contributed by atoms with Gasteiger partial charge < -0.3 is 0 Å². The number of thioether (sulfide) groups is 1. The fraction of sp³-hybridized carbons (Fsp3) is 0.556. The normalized spacial score (nSPS) is 16.7. The SMILES string of the molecule is Cc1nn(C2CSC2)c(C)c1C#N. The van der Waals surface area contributed by atoms with Gasteiger partial charge in [0.2, 0.25) is 0 Å². The molecule has 68 valence electrons. The Bertz CT molecular complexity index is 371. The Kier molecular flexibility index (Phi) is 2.04. The first kappa shape index (κ1) is 8.64. The van der Waals surface area contributed by atoms with Gasteiger partial charge in [-0.25, -0.2) is 0 Å². The minimum Gasteiger partial charge on any atom is -0.264 e. The average Bonchev–Trinajstić information content (AvgIpc) is 2.25. The molecule has 0 spiro atoms. The number of nitriles is 1. The highest BCUT2D eigenvalue weighted by Crippen LogP contribution is 2.30. The number of nitrogens with zero attached hydrogens (tertiary/aromatic N) is 3. The third kappa shape index (κ3) is 1.24. The van der Waals surface area contributed by atoms with Crippen LogP contribution in [0.4, 0.5) is 0 Å². The van der Waals surface area contributed by atoms with E-state index in [0.717, 1.165) is 28.5 Å². The molecule has 0 N–H and O–H groups in total. The lowest BCUT2D eigenvalue weighted by Crippen LogP contribution is -2.24. The highest BCUT2D eigenvalue weighted by atomic mass is 32.2. The van der Waals surface area contributed by atoms with Crippen LogP contribution in [0.5, 0.6) is 0 Å². The Morgan fingerprint density at radius 2 is 2.23 bits per heavy atom. The van der Waals surface area contributed by atoms with E-state index < -0.39 is 0 Å². The van der Waals surface area contributed by atoms with Crippen LogP contribution in [-0.2, 0) is 0 Å². The summed E-state index contributed by atoms with van der Waals surface area (Å²) in [5, 5.41) is 13.3. The van der Waals surface area contributed by atoms with Gasteiger partial charge in [0.05, 0.1) is 23.0 Å². The molecule has 1 saturated heterocycles. The molecule has 2 rings (SSSR count). The second-order valence-corrected chi connectivity index (χ2v) is 4.37. The number of hydrogen-bond donors (Lipinski definition) is 0. The van der Waals surface area contributed by atoms with Crippen molar-refractivity contribution < 1.29 is 0 Å². The van der Waals surface area contributed by atoms with Crippen molar-refractivity contribution >= 4 is 11.8 Å². The van der Waals surface area contributed by atoms with Crippen LogP contribution < -0.4 is 0 Å². The van der Waals surface area contributed by atoms with Crippen LogP contribution in [0.3, 0.4) is 0 Å². The van der Waals surface area contributed by atoms with E-state index in [0.29, 0.717) is 6.04 Å². The topological polar surface area (TPSA) is 41.6 Å². The summed E-state index contributed by atoms with van der Waals surface area (Å²) < 4.78 is 2.00. The molecule has 0 bridgehead atoms. The largest absolute Gasteiger partial charge is 0.264 e. The zero-order valence-electron chi connectivity index (χ0n) is 7.74. The monoisotopic (exact) mass is 193 g/mol. The first-order valence-electron chi connectivity index (χ1n) is 4.27. The quantitative estimate of drug-likeness (QED) is 0.681. The fourth-order valence-corrected chi connectivity index (χ4v) is 2.27. The van der Waals surface area contributed by atoms with Gasteiger partial charge >= 0.3 is 0 Å². The summed E-state index contributed by atoms with van der Waals surface area (Å²) in [6.07, 6.45) is 0. The van der Waals surface area contributed by atoms with Crippen LogP contribution >= 0.6 is 11.8 Å². The third-order valence-corrected chi connectivity index (χ3v) is 3.64. The molecule has 0 amide bonds. The molecule has 0 atom stereocenters. The van der Waals surface area contributed by atoms with Crippen molar-refractivity contribution in [2.24, 2.45) is 0 Å². The van der Waals surface area contributed by atoms with E-state index in [1.54, 1.807) is 0 Å². The fourth-order valence-electron chi connectivity index (χ4n) is 1.54. The molecule has 3 nitrogen and oxygen atoms in total. The number of aromatic nitrogens is 2. The van der Waals surface area contributed by atoms with Crippen molar-refractivity contribution in [1.29, 1.82) is 5.26 Å². The lowest BCUT2D eigenvalue weighted by atomic mass is 10.2. The second-order valence-electron chi connectivity index (χ2n) is 3.29. The first-order chi connectivity index (χ1) is 6.24. The van der Waals surface area contributed by atoms with E-state index in [2.05, 4.69) is 11.2 Å². The minimum absolute atomic E-state index is 0.519. The van der Waals surface area contributed by atoms with E-state index in [1.807, 2.05) is 30.3 Å². The smallest absolute Gasteiger partial charge is 0.103 e. The lowest BCUT2D eigenvalue weighted by molar-refractivity contribution is 0.511. The predicted molar refractivity (Wildman–Crippen MR) is 52.8 cm³/mol. The molecule has 1 aliphatic rings. The van der Waals surface area contributed by atoms with Crippen molar-refractivity contribution in [3.05, 3.63) is 17.0 Å². The van der Waals surface area contributed by atoms with Gasteiger partial charge in [-0.1, -0.05) is 0 Å². The molecule has 0 radical (unpaired) electrons. The molecule has 0 unspecified atom stereocenters. The van der Waals surface area contributed by atoms with Crippen LogP contribution in [0, 0.1) is 25.2 Å². The Morgan fingerprint density at radius 3 is 2.62 bits per heavy atom. The first-order valence-corrected chi connectivity index (χ1v) is 5.43. The van der Waals surface area contributed by atoms with Crippen molar-refractivity contribution in [3.63, 3.8) is 0 Å². The number of rotatable bonds is 1. The van der Waals surface area contributed by atoms with Gasteiger partial charge in [-0.3, -0.25) is 4.68 Å². The summed E-state index contributed by atoms with van der Waals surface area (Å²) in [4.78, 5) is 0. The summed E-state index contributed by atoms with van der Waals surface area (Å²) in [7, 11) is 0. The Hall–Kier alpha value is -0.950. The van der Waals surface area contributed by atoms with Gasteiger partial charge in [0, 0.05) is 11.5 Å². The van der Waals surface area contributed by atoms with E-state index >= 15 is 0 Å². The minimum atomic E-state index is 0.519. The van der Waals surface area contributed by atoms with Crippen LogP contribution in [-0.4, -0.2) is 21.3 Å². The zero-order chi connectivity index (χ0) is 9.42. The van der Waals surface area contributed by atoms with E-state index in [-0.39, 0.29) is 0 Å². The molecule has 0 aliphatic carbocycles. The molecule has 1 aliphatic heterocycles. The maximum Gasteiger partial charge on any atom is 0.103 e. The van der Waals surface area contributed by atoms with Crippen LogP contribution in [0.25, 0.3) is 0 Å². The van der Waals surface area contributed by atoms with Gasteiger partial charge in [-0.2, -0.15) is 22.1 Å². The molecule has 1 aromatic rings. The third-order valence-electron chi connectivity index (χ3n) is 2.40. The summed E-state index contributed by atoms with van der Waals surface area (Å²) in [5.41, 5.74) is 2.62. The second kappa shape index (κ2) is 3.08. The highest BCUT2D eigenvalue weighted by Gasteiger charge is 2.24. The summed E-state index contributed by atoms with van der Waals surface area (Å²) in [5.74, 6) is 2.26. The van der Waals surface area contributed by atoms with Gasteiger partial charge in [-0.05, 0) is 13.8 Å². The van der Waals surface area contributed by atoms with E-state index in [4.69, 9.17) is 5.26 Å². The molecular weight excluding hydrogens is 182 g/mol. The lowest BCUT2D eigenvalue weighted by Gasteiger charge is -2.26. The maximum atomic E-state index is 8.88. The molecule has 13 heavy (non-hydrogen) atoms. The van der Waals surface area contributed by atoms with Gasteiger partial charge in [0.25, 0.3) is 0 Å². The number of hydrogen-bond acceptors (Lipinski definition) is 3. The summed E-state index contributed by atoms with van der Waals surface area (Å²) in [6.45, 7) is 3.87. The highest BCUT2D eigenvalue weighted by molar-refractivity contribution is 8.00. The molecule has 1 fully saturated rings. The summed E-state index contributed by atoms with van der Waals surface area (Å²) >= 11 is 1.93. The van der Waals surface area contributed by atoms with Crippen LogP contribution in [0.1, 0.15) is 23.0 Å². The molecular formula is C9H11N3S.